The third-order valence-corrected chi connectivity index (χ3v) is 6.03. The number of halogens is 2. The van der Waals surface area contributed by atoms with Gasteiger partial charge < -0.3 is 14.2 Å². The zero-order chi connectivity index (χ0) is 23.3. The predicted molar refractivity (Wildman–Crippen MR) is 126 cm³/mol. The molecule has 1 fully saturated rings. The van der Waals surface area contributed by atoms with Crippen molar-refractivity contribution in [2.24, 2.45) is 0 Å². The Hall–Kier alpha value is -2.49. The molecule has 10 heteroatoms. The standard InChI is InChI=1S/C22H19BrClNO6S/c1-3-30-19(26)12-31-20-16(24)8-14(9-17(20)29-2)10-18-21(27)25(22(28)32-18)11-13-4-6-15(23)7-5-13/h4-10H,3,11-12H2,1-2H3/b18-10-. The van der Waals surface area contributed by atoms with E-state index in [2.05, 4.69) is 15.9 Å². The summed E-state index contributed by atoms with van der Waals surface area (Å²) in [5.74, 6) is -0.459. The number of hydrogen-bond acceptors (Lipinski definition) is 7. The zero-order valence-electron chi connectivity index (χ0n) is 17.2. The molecule has 0 aromatic heterocycles. The molecule has 0 spiro atoms. The Morgan fingerprint density at radius 1 is 1.22 bits per heavy atom. The summed E-state index contributed by atoms with van der Waals surface area (Å²) < 4.78 is 16.5. The fraction of sp³-hybridized carbons (Fsp3) is 0.227. The quantitative estimate of drug-likeness (QED) is 0.332. The number of hydrogen-bond donors (Lipinski definition) is 0. The van der Waals surface area contributed by atoms with E-state index >= 15 is 0 Å². The van der Waals surface area contributed by atoms with Crippen LogP contribution in [-0.2, 0) is 20.9 Å². The number of nitrogens with zero attached hydrogens (tertiary/aromatic N) is 1. The summed E-state index contributed by atoms with van der Waals surface area (Å²) in [5.41, 5.74) is 1.38. The first kappa shape index (κ1) is 24.2. The van der Waals surface area contributed by atoms with Crippen molar-refractivity contribution in [1.82, 2.24) is 4.90 Å². The third kappa shape index (κ3) is 5.85. The van der Waals surface area contributed by atoms with Gasteiger partial charge in [0.15, 0.2) is 18.1 Å². The topological polar surface area (TPSA) is 82.1 Å². The monoisotopic (exact) mass is 539 g/mol. The average molecular weight is 541 g/mol. The van der Waals surface area contributed by atoms with E-state index in [-0.39, 0.29) is 52.3 Å². The predicted octanol–water partition coefficient (Wildman–Crippen LogP) is 5.29. The Balaban J connectivity index is 1.79. The van der Waals surface area contributed by atoms with E-state index in [4.69, 9.17) is 25.8 Å². The molecule has 0 saturated carbocycles. The molecule has 0 atom stereocenters. The minimum atomic E-state index is -0.533. The number of imide groups is 1. The van der Waals surface area contributed by atoms with Gasteiger partial charge in [-0.05, 0) is 60.2 Å². The Morgan fingerprint density at radius 2 is 1.94 bits per heavy atom. The van der Waals surface area contributed by atoms with E-state index in [1.54, 1.807) is 25.1 Å². The molecule has 0 radical (unpaired) electrons. The van der Waals surface area contributed by atoms with E-state index < -0.39 is 5.97 Å². The minimum Gasteiger partial charge on any atom is -0.493 e. The Labute approximate surface area is 202 Å². The molecule has 1 heterocycles. The molecule has 1 saturated heterocycles. The van der Waals surface area contributed by atoms with Gasteiger partial charge in [0, 0.05) is 4.47 Å². The van der Waals surface area contributed by atoms with Crippen LogP contribution in [0, 0.1) is 0 Å². The number of carbonyl (C=O) groups is 3. The minimum absolute atomic E-state index is 0.181. The number of carbonyl (C=O) groups excluding carboxylic acids is 3. The van der Waals surface area contributed by atoms with E-state index in [0.29, 0.717) is 5.56 Å². The summed E-state index contributed by atoms with van der Waals surface area (Å²) in [6, 6.07) is 10.6. The molecule has 1 aliphatic rings. The van der Waals surface area contributed by atoms with Crippen molar-refractivity contribution < 1.29 is 28.6 Å². The van der Waals surface area contributed by atoms with Gasteiger partial charge in [0.1, 0.15) is 0 Å². The number of esters is 1. The normalized spacial score (nSPS) is 14.8. The first-order valence-electron chi connectivity index (χ1n) is 9.48. The summed E-state index contributed by atoms with van der Waals surface area (Å²) in [6.07, 6.45) is 1.57. The summed E-state index contributed by atoms with van der Waals surface area (Å²) >= 11 is 10.5. The molecule has 7 nitrogen and oxygen atoms in total. The highest BCUT2D eigenvalue weighted by Crippen LogP contribution is 2.39. The highest BCUT2D eigenvalue weighted by Gasteiger charge is 2.35. The fourth-order valence-corrected chi connectivity index (χ4v) is 4.23. The van der Waals surface area contributed by atoms with Crippen molar-refractivity contribution in [1.29, 1.82) is 0 Å². The van der Waals surface area contributed by atoms with Crippen LogP contribution in [0.5, 0.6) is 11.5 Å². The van der Waals surface area contributed by atoms with Crippen LogP contribution in [0.3, 0.4) is 0 Å². The van der Waals surface area contributed by atoms with Gasteiger partial charge in [0.2, 0.25) is 0 Å². The van der Waals surface area contributed by atoms with Crippen LogP contribution in [0.2, 0.25) is 5.02 Å². The number of methoxy groups -OCH3 is 1. The van der Waals surface area contributed by atoms with E-state index in [0.717, 1.165) is 21.8 Å². The van der Waals surface area contributed by atoms with E-state index in [9.17, 15) is 14.4 Å². The van der Waals surface area contributed by atoms with Gasteiger partial charge in [0.25, 0.3) is 11.1 Å². The number of benzene rings is 2. The average Bonchev–Trinajstić information content (AvgIpc) is 3.01. The van der Waals surface area contributed by atoms with Crippen LogP contribution in [0.4, 0.5) is 4.79 Å². The molecule has 0 N–H and O–H groups in total. The summed E-state index contributed by atoms with van der Waals surface area (Å²) in [6.45, 7) is 1.79. The van der Waals surface area contributed by atoms with Gasteiger partial charge in [-0.3, -0.25) is 14.5 Å². The summed E-state index contributed by atoms with van der Waals surface area (Å²) in [4.78, 5) is 38.2. The maximum absolute atomic E-state index is 12.8. The lowest BCUT2D eigenvalue weighted by molar-refractivity contribution is -0.145. The Bertz CT molecular complexity index is 1070. The van der Waals surface area contributed by atoms with Crippen LogP contribution in [0.15, 0.2) is 45.8 Å². The van der Waals surface area contributed by atoms with Crippen molar-refractivity contribution >= 4 is 62.5 Å². The number of thioether (sulfide) groups is 1. The van der Waals surface area contributed by atoms with Crippen molar-refractivity contribution in [3.05, 3.63) is 61.9 Å². The molecule has 2 aromatic rings. The molecule has 0 bridgehead atoms. The Kier molecular flexibility index (Phi) is 8.22. The molecule has 168 valence electrons. The van der Waals surface area contributed by atoms with Gasteiger partial charge in [0.05, 0.1) is 30.2 Å². The second-order valence-electron chi connectivity index (χ2n) is 6.52. The van der Waals surface area contributed by atoms with Crippen molar-refractivity contribution in [2.45, 2.75) is 13.5 Å². The van der Waals surface area contributed by atoms with E-state index in [1.807, 2.05) is 24.3 Å². The lowest BCUT2D eigenvalue weighted by Crippen LogP contribution is -2.27. The molecule has 2 amide bonds. The van der Waals surface area contributed by atoms with Crippen LogP contribution < -0.4 is 9.47 Å². The Morgan fingerprint density at radius 3 is 2.59 bits per heavy atom. The van der Waals surface area contributed by atoms with Gasteiger partial charge in [-0.25, -0.2) is 4.79 Å². The molecule has 1 aliphatic heterocycles. The molecule has 3 rings (SSSR count). The molecule has 0 aliphatic carbocycles. The highest BCUT2D eigenvalue weighted by atomic mass is 79.9. The first-order valence-corrected chi connectivity index (χ1v) is 11.5. The van der Waals surface area contributed by atoms with Crippen LogP contribution in [0.25, 0.3) is 6.08 Å². The summed E-state index contributed by atoms with van der Waals surface area (Å²) in [5, 5.41) is -0.161. The first-order chi connectivity index (χ1) is 15.3. The largest absolute Gasteiger partial charge is 0.493 e. The summed E-state index contributed by atoms with van der Waals surface area (Å²) in [7, 11) is 1.43. The van der Waals surface area contributed by atoms with Gasteiger partial charge >= 0.3 is 5.97 Å². The third-order valence-electron chi connectivity index (χ3n) is 4.32. The molecule has 32 heavy (non-hydrogen) atoms. The SMILES string of the molecule is CCOC(=O)COc1c(Cl)cc(/C=C2\SC(=O)N(Cc3ccc(Br)cc3)C2=O)cc1OC. The highest BCUT2D eigenvalue weighted by molar-refractivity contribution is 9.10. The van der Waals surface area contributed by atoms with Crippen LogP contribution >= 0.6 is 39.3 Å². The number of rotatable bonds is 8. The second-order valence-corrected chi connectivity index (χ2v) is 8.84. The lowest BCUT2D eigenvalue weighted by Gasteiger charge is -2.13. The second kappa shape index (κ2) is 10.9. The fourth-order valence-electron chi connectivity index (χ4n) is 2.86. The van der Waals surface area contributed by atoms with Crippen molar-refractivity contribution in [3.63, 3.8) is 0 Å². The van der Waals surface area contributed by atoms with Gasteiger partial charge in [-0.1, -0.05) is 39.7 Å². The van der Waals surface area contributed by atoms with Crippen molar-refractivity contribution in [2.75, 3.05) is 20.3 Å². The number of ether oxygens (including phenoxy) is 3. The molecular formula is C22H19BrClNO6S. The van der Waals surface area contributed by atoms with Gasteiger partial charge in [-0.15, -0.1) is 0 Å². The zero-order valence-corrected chi connectivity index (χ0v) is 20.4. The van der Waals surface area contributed by atoms with Crippen molar-refractivity contribution in [3.8, 4) is 11.5 Å². The van der Waals surface area contributed by atoms with Crippen LogP contribution in [0.1, 0.15) is 18.1 Å². The number of amides is 2. The maximum atomic E-state index is 12.8. The lowest BCUT2D eigenvalue weighted by atomic mass is 10.1. The molecule has 2 aromatic carbocycles. The molecule has 0 unspecified atom stereocenters. The van der Waals surface area contributed by atoms with Crippen LogP contribution in [-0.4, -0.2) is 42.3 Å². The smallest absolute Gasteiger partial charge is 0.344 e. The maximum Gasteiger partial charge on any atom is 0.344 e. The van der Waals surface area contributed by atoms with Gasteiger partial charge in [-0.2, -0.15) is 0 Å². The molecular weight excluding hydrogens is 522 g/mol. The van der Waals surface area contributed by atoms with E-state index in [1.165, 1.54) is 12.0 Å².